The zero-order valence-electron chi connectivity index (χ0n) is 11.0. The number of anilines is 1. The van der Waals surface area contributed by atoms with Gasteiger partial charge in [0.05, 0.1) is 12.8 Å². The molecule has 10 nitrogen and oxygen atoms in total. The number of halogens is 1. The van der Waals surface area contributed by atoms with Gasteiger partial charge in [0, 0.05) is 0 Å². The predicted octanol–water partition coefficient (Wildman–Crippen LogP) is -2.16. The Bertz CT molecular complexity index is 778. The molecule has 0 aliphatic carbocycles. The lowest BCUT2D eigenvalue weighted by atomic mass is 9.96. The summed E-state index contributed by atoms with van der Waals surface area (Å²) in [5.74, 6) is -2.76. The minimum Gasteiger partial charge on any atom is -0.392 e. The topological polar surface area (TPSA) is 163 Å². The van der Waals surface area contributed by atoms with Gasteiger partial charge >= 0.3 is 0 Å². The third kappa shape index (κ3) is 1.63. The molecular formula is C11H11FN6O4. The largest absolute Gasteiger partial charge is 0.392 e. The van der Waals surface area contributed by atoms with Crippen LogP contribution >= 0.6 is 0 Å². The molecule has 1 saturated heterocycles. The number of imidazole rings is 1. The van der Waals surface area contributed by atoms with E-state index in [1.165, 1.54) is 6.07 Å². The molecule has 0 unspecified atom stereocenters. The van der Waals surface area contributed by atoms with E-state index in [0.717, 1.165) is 17.0 Å². The Labute approximate surface area is 122 Å². The van der Waals surface area contributed by atoms with E-state index >= 15 is 0 Å². The fourth-order valence-electron chi connectivity index (χ4n) is 2.37. The molecule has 3 rings (SSSR count). The molecular weight excluding hydrogens is 299 g/mol. The van der Waals surface area contributed by atoms with Gasteiger partial charge in [0.2, 0.25) is 11.4 Å². The minimum atomic E-state index is -2.74. The molecule has 0 saturated carbocycles. The summed E-state index contributed by atoms with van der Waals surface area (Å²) in [5.41, 5.74) is 3.02. The van der Waals surface area contributed by atoms with Crippen LogP contribution in [0.5, 0.6) is 0 Å². The number of aromatic nitrogens is 4. The highest BCUT2D eigenvalue weighted by atomic mass is 19.1. The van der Waals surface area contributed by atoms with Crippen molar-refractivity contribution in [2.45, 2.75) is 23.7 Å². The number of alkyl halides is 1. The van der Waals surface area contributed by atoms with E-state index in [1.54, 1.807) is 0 Å². The highest BCUT2D eigenvalue weighted by Crippen LogP contribution is 2.44. The standard InChI is InChI=1S/C11H11FN6O4/c12-6-7(20)10(2-13,3-19)22-11(6,21)5-1-15-9-8(14)16-4-17-18(5)9/h1,4,6-7,19-21H,3H2,(H2,14,16,17)/t6-,7+,10-,11+/m1/s1. The second-order valence-electron chi connectivity index (χ2n) is 4.83. The van der Waals surface area contributed by atoms with Crippen LogP contribution in [0, 0.1) is 11.3 Å². The van der Waals surface area contributed by atoms with E-state index < -0.39 is 30.3 Å². The molecule has 0 bridgehead atoms. The van der Waals surface area contributed by atoms with Crippen LogP contribution in [0.3, 0.4) is 0 Å². The number of nitrogens with two attached hydrogens (primary N) is 1. The number of nitrogens with zero attached hydrogens (tertiary/aromatic N) is 5. The lowest BCUT2D eigenvalue weighted by molar-refractivity contribution is -0.246. The monoisotopic (exact) mass is 310 g/mol. The van der Waals surface area contributed by atoms with Gasteiger partial charge in [0.1, 0.15) is 24.2 Å². The molecule has 1 fully saturated rings. The quantitative estimate of drug-likeness (QED) is 0.483. The normalized spacial score (nSPS) is 34.9. The molecule has 1 aliphatic heterocycles. The molecule has 0 radical (unpaired) electrons. The van der Waals surface area contributed by atoms with Gasteiger partial charge < -0.3 is 25.8 Å². The number of aliphatic hydroxyl groups excluding tert-OH is 2. The smallest absolute Gasteiger partial charge is 0.248 e. The molecule has 2 aromatic heterocycles. The molecule has 0 amide bonds. The van der Waals surface area contributed by atoms with Crippen LogP contribution in [0.15, 0.2) is 12.5 Å². The number of aliphatic hydroxyl groups is 3. The number of nitrogen functional groups attached to an aromatic ring is 1. The first-order valence-corrected chi connectivity index (χ1v) is 6.11. The summed E-state index contributed by atoms with van der Waals surface area (Å²) < 4.78 is 20.4. The summed E-state index contributed by atoms with van der Waals surface area (Å²) in [6.45, 7) is -1.01. The van der Waals surface area contributed by atoms with Crippen LogP contribution < -0.4 is 5.73 Å². The van der Waals surface area contributed by atoms with E-state index in [9.17, 15) is 19.7 Å². The average molecular weight is 310 g/mol. The van der Waals surface area contributed by atoms with Crippen molar-refractivity contribution in [2.24, 2.45) is 0 Å². The van der Waals surface area contributed by atoms with Crippen molar-refractivity contribution in [3.8, 4) is 6.07 Å². The highest BCUT2D eigenvalue weighted by molar-refractivity contribution is 5.59. The van der Waals surface area contributed by atoms with Gasteiger partial charge in [-0.2, -0.15) is 10.4 Å². The van der Waals surface area contributed by atoms with Gasteiger partial charge in [-0.15, -0.1) is 0 Å². The van der Waals surface area contributed by atoms with Crippen LogP contribution in [0.4, 0.5) is 10.2 Å². The zero-order chi connectivity index (χ0) is 16.1. The summed E-state index contributed by atoms with van der Waals surface area (Å²) in [7, 11) is 0. The molecule has 22 heavy (non-hydrogen) atoms. The highest BCUT2D eigenvalue weighted by Gasteiger charge is 2.65. The number of ether oxygens (including phenoxy) is 1. The zero-order valence-corrected chi connectivity index (χ0v) is 11.0. The predicted molar refractivity (Wildman–Crippen MR) is 66.5 cm³/mol. The van der Waals surface area contributed by atoms with Crippen molar-refractivity contribution in [3.63, 3.8) is 0 Å². The molecule has 2 aromatic rings. The molecule has 1 aliphatic rings. The Morgan fingerprint density at radius 1 is 1.55 bits per heavy atom. The average Bonchev–Trinajstić information content (AvgIpc) is 3.04. The van der Waals surface area contributed by atoms with Crippen LogP contribution in [0.1, 0.15) is 5.69 Å². The van der Waals surface area contributed by atoms with E-state index in [0.29, 0.717) is 0 Å². The van der Waals surface area contributed by atoms with Gasteiger partial charge in [0.15, 0.2) is 17.6 Å². The van der Waals surface area contributed by atoms with Crippen LogP contribution in [0.25, 0.3) is 5.65 Å². The molecule has 0 aromatic carbocycles. The Morgan fingerprint density at radius 3 is 2.86 bits per heavy atom. The van der Waals surface area contributed by atoms with Crippen molar-refractivity contribution < 1.29 is 24.4 Å². The number of hydrogen-bond acceptors (Lipinski definition) is 9. The summed E-state index contributed by atoms with van der Waals surface area (Å²) in [6.07, 6.45) is -2.41. The Balaban J connectivity index is 2.18. The summed E-state index contributed by atoms with van der Waals surface area (Å²) in [5, 5.41) is 42.4. The van der Waals surface area contributed by atoms with Gasteiger partial charge in [0.25, 0.3) is 0 Å². The maximum Gasteiger partial charge on any atom is 0.248 e. The first-order chi connectivity index (χ1) is 10.4. The van der Waals surface area contributed by atoms with Crippen molar-refractivity contribution in [1.82, 2.24) is 19.6 Å². The molecule has 4 atom stereocenters. The summed E-state index contributed by atoms with van der Waals surface area (Å²) in [6, 6.07) is 1.47. The number of nitriles is 1. The van der Waals surface area contributed by atoms with E-state index in [1.807, 2.05) is 0 Å². The molecule has 3 heterocycles. The van der Waals surface area contributed by atoms with E-state index in [-0.39, 0.29) is 17.2 Å². The molecule has 0 spiro atoms. The Morgan fingerprint density at radius 2 is 2.27 bits per heavy atom. The lowest BCUT2D eigenvalue weighted by Crippen LogP contribution is -2.44. The molecule has 5 N–H and O–H groups in total. The van der Waals surface area contributed by atoms with Crippen molar-refractivity contribution in [3.05, 3.63) is 18.2 Å². The minimum absolute atomic E-state index is 0.0208. The fourth-order valence-corrected chi connectivity index (χ4v) is 2.37. The summed E-state index contributed by atoms with van der Waals surface area (Å²) >= 11 is 0. The van der Waals surface area contributed by atoms with Gasteiger partial charge in [-0.05, 0) is 0 Å². The summed E-state index contributed by atoms with van der Waals surface area (Å²) in [4.78, 5) is 7.54. The lowest BCUT2D eigenvalue weighted by Gasteiger charge is -2.25. The van der Waals surface area contributed by atoms with Gasteiger partial charge in [-0.3, -0.25) is 0 Å². The van der Waals surface area contributed by atoms with Gasteiger partial charge in [-0.1, -0.05) is 0 Å². The van der Waals surface area contributed by atoms with Gasteiger partial charge in [-0.25, -0.2) is 18.9 Å². The fraction of sp³-hybridized carbons (Fsp3) is 0.455. The first-order valence-electron chi connectivity index (χ1n) is 6.11. The Kier molecular flexibility index (Phi) is 3.01. The first kappa shape index (κ1) is 14.5. The molecule has 11 heteroatoms. The van der Waals surface area contributed by atoms with Crippen molar-refractivity contribution in [2.75, 3.05) is 12.3 Å². The van der Waals surface area contributed by atoms with Crippen molar-refractivity contribution >= 4 is 11.5 Å². The maximum atomic E-state index is 14.4. The second-order valence-corrected chi connectivity index (χ2v) is 4.83. The third-order valence-electron chi connectivity index (χ3n) is 3.59. The SMILES string of the molecule is N#C[C@]1(CO)O[C@@](O)(c2cnc3c(N)ncnn23)[C@H](F)[C@@H]1O. The number of hydrogen-bond donors (Lipinski definition) is 4. The van der Waals surface area contributed by atoms with Crippen LogP contribution in [-0.4, -0.2) is 59.4 Å². The maximum absolute atomic E-state index is 14.4. The van der Waals surface area contributed by atoms with E-state index in [2.05, 4.69) is 15.1 Å². The second kappa shape index (κ2) is 4.55. The third-order valence-corrected chi connectivity index (χ3v) is 3.59. The number of rotatable bonds is 2. The van der Waals surface area contributed by atoms with Crippen LogP contribution in [-0.2, 0) is 10.5 Å². The Hall–Kier alpha value is -2.39. The van der Waals surface area contributed by atoms with Crippen molar-refractivity contribution in [1.29, 1.82) is 5.26 Å². The van der Waals surface area contributed by atoms with Crippen LogP contribution in [0.2, 0.25) is 0 Å². The van der Waals surface area contributed by atoms with E-state index in [4.69, 9.17) is 15.7 Å². The molecule has 116 valence electrons. The number of fused-ring (bicyclic) bond motifs is 1.